The molecule has 1 spiro atoms. The van der Waals surface area contributed by atoms with Gasteiger partial charge in [0.05, 0.1) is 5.54 Å². The first-order chi connectivity index (χ1) is 10.9. The minimum absolute atomic E-state index is 0.155. The fourth-order valence-corrected chi connectivity index (χ4v) is 3.87. The van der Waals surface area contributed by atoms with Gasteiger partial charge in [-0.1, -0.05) is 6.92 Å². The first-order valence-electron chi connectivity index (χ1n) is 8.98. The third-order valence-corrected chi connectivity index (χ3v) is 4.79. The molecule has 0 bridgehead atoms. The zero-order valence-electron chi connectivity index (χ0n) is 16.3. The van der Waals surface area contributed by atoms with E-state index in [4.69, 9.17) is 4.74 Å². The van der Waals surface area contributed by atoms with Gasteiger partial charge in [0, 0.05) is 26.1 Å². The van der Waals surface area contributed by atoms with Gasteiger partial charge in [0.2, 0.25) is 5.91 Å². The Hall–Kier alpha value is -1.11. The second-order valence-electron chi connectivity index (χ2n) is 8.96. The molecule has 0 N–H and O–H groups in total. The number of likely N-dealkylation sites (tertiary alicyclic amines) is 1. The number of nitrogens with zero attached hydrogens (tertiary/aromatic N) is 3. The number of ether oxygens (including phenoxy) is 1. The zero-order valence-corrected chi connectivity index (χ0v) is 16.3. The molecule has 2 saturated heterocycles. The molecule has 6 nitrogen and oxygen atoms in total. The summed E-state index contributed by atoms with van der Waals surface area (Å²) in [6, 6.07) is 0. The van der Waals surface area contributed by atoms with E-state index in [0.717, 1.165) is 19.4 Å². The minimum Gasteiger partial charge on any atom is -0.444 e. The van der Waals surface area contributed by atoms with E-state index in [9.17, 15) is 9.59 Å². The standard InChI is InChI=1S/C15H30B3N3O3/c1-5-20-14(10-11(22)21(20)15(16,17)18)6-8-19(9-7-14)12(23)24-13(2,3)4/h5-10,16-18H2,1-4H3. The quantitative estimate of drug-likeness (QED) is 0.592. The van der Waals surface area contributed by atoms with Gasteiger partial charge >= 0.3 is 6.09 Å². The predicted molar refractivity (Wildman–Crippen MR) is 102 cm³/mol. The van der Waals surface area contributed by atoms with Gasteiger partial charge < -0.3 is 9.64 Å². The van der Waals surface area contributed by atoms with Gasteiger partial charge in [-0.15, -0.1) is 0 Å². The molecule has 0 aromatic rings. The predicted octanol–water partition coefficient (Wildman–Crippen LogP) is -1.26. The molecule has 9 heteroatoms. The zero-order chi connectivity index (χ0) is 18.3. The molecule has 24 heavy (non-hydrogen) atoms. The molecule has 0 unspecified atom stereocenters. The number of hydrazine groups is 1. The van der Waals surface area contributed by atoms with Crippen molar-refractivity contribution in [1.29, 1.82) is 0 Å². The van der Waals surface area contributed by atoms with E-state index < -0.39 is 5.60 Å². The van der Waals surface area contributed by atoms with Gasteiger partial charge in [0.25, 0.3) is 0 Å². The van der Waals surface area contributed by atoms with Crippen molar-refractivity contribution in [3.05, 3.63) is 0 Å². The molecule has 0 aromatic carbocycles. The lowest BCUT2D eigenvalue weighted by Crippen LogP contribution is -2.63. The van der Waals surface area contributed by atoms with E-state index >= 15 is 0 Å². The van der Waals surface area contributed by atoms with Gasteiger partial charge in [-0.2, -0.15) is 0 Å². The largest absolute Gasteiger partial charge is 0.444 e. The first kappa shape index (κ1) is 19.2. The molecule has 0 aromatic heterocycles. The van der Waals surface area contributed by atoms with E-state index in [2.05, 4.69) is 35.5 Å². The van der Waals surface area contributed by atoms with Crippen LogP contribution in [0.2, 0.25) is 0 Å². The smallest absolute Gasteiger partial charge is 0.410 e. The summed E-state index contributed by atoms with van der Waals surface area (Å²) in [5.74, 6) is 0.190. The molecule has 0 radical (unpaired) electrons. The Kier molecular flexibility index (Phi) is 5.06. The average Bonchev–Trinajstić information content (AvgIpc) is 2.69. The van der Waals surface area contributed by atoms with Crippen LogP contribution in [0.5, 0.6) is 0 Å². The summed E-state index contributed by atoms with van der Waals surface area (Å²) in [6.45, 7) is 9.81. The van der Waals surface area contributed by atoms with Gasteiger partial charge in [-0.05, 0) is 38.8 Å². The van der Waals surface area contributed by atoms with Crippen LogP contribution in [0.25, 0.3) is 0 Å². The number of hydrogen-bond donors (Lipinski definition) is 0. The number of piperidine rings is 1. The van der Waals surface area contributed by atoms with Crippen molar-refractivity contribution < 1.29 is 14.3 Å². The highest BCUT2D eigenvalue weighted by Crippen LogP contribution is 2.40. The van der Waals surface area contributed by atoms with Gasteiger partial charge in [-0.25, -0.2) is 9.80 Å². The van der Waals surface area contributed by atoms with Crippen LogP contribution in [0.3, 0.4) is 0 Å². The Balaban J connectivity index is 2.09. The van der Waals surface area contributed by atoms with Gasteiger partial charge in [0.15, 0.2) is 0 Å². The molecule has 132 valence electrons. The summed E-state index contributed by atoms with van der Waals surface area (Å²) >= 11 is 0. The maximum Gasteiger partial charge on any atom is 0.410 e. The molecule has 0 aliphatic carbocycles. The highest BCUT2D eigenvalue weighted by molar-refractivity contribution is 6.59. The van der Waals surface area contributed by atoms with Gasteiger partial charge in [-0.3, -0.25) is 9.80 Å². The summed E-state index contributed by atoms with van der Waals surface area (Å²) in [7, 11) is 6.22. The van der Waals surface area contributed by atoms with Crippen LogP contribution >= 0.6 is 0 Å². The van der Waals surface area contributed by atoms with Crippen molar-refractivity contribution in [1.82, 2.24) is 14.9 Å². The Morgan fingerprint density at radius 1 is 1.21 bits per heavy atom. The fourth-order valence-electron chi connectivity index (χ4n) is 3.87. The lowest BCUT2D eigenvalue weighted by atomic mass is 9.49. The number of amides is 2. The van der Waals surface area contributed by atoms with E-state index in [1.807, 2.05) is 25.8 Å². The van der Waals surface area contributed by atoms with E-state index in [-0.39, 0.29) is 22.8 Å². The average molecular weight is 333 g/mol. The molecule has 2 aliphatic rings. The van der Waals surface area contributed by atoms with Crippen molar-refractivity contribution in [3.8, 4) is 0 Å². The second-order valence-corrected chi connectivity index (χ2v) is 8.96. The fraction of sp³-hybridized carbons (Fsp3) is 0.867. The SMILES string of the molecule is BC(B)(B)N1C(=O)CC2(CCN(C(=O)OC(C)(C)C)CC2)N1CC. The molecule has 2 heterocycles. The highest BCUT2D eigenvalue weighted by Gasteiger charge is 2.53. The Morgan fingerprint density at radius 3 is 2.17 bits per heavy atom. The third-order valence-electron chi connectivity index (χ3n) is 4.79. The van der Waals surface area contributed by atoms with Crippen molar-refractivity contribution in [2.75, 3.05) is 19.6 Å². The lowest BCUT2D eigenvalue weighted by molar-refractivity contribution is -0.143. The summed E-state index contributed by atoms with van der Waals surface area (Å²) in [5.41, 5.74) is -0.633. The van der Waals surface area contributed by atoms with Crippen LogP contribution in [0, 0.1) is 0 Å². The van der Waals surface area contributed by atoms with Crippen molar-refractivity contribution >= 4 is 35.5 Å². The van der Waals surface area contributed by atoms with Crippen molar-refractivity contribution in [3.63, 3.8) is 0 Å². The Labute approximate surface area is 148 Å². The summed E-state index contributed by atoms with van der Waals surface area (Å²) in [6.07, 6.45) is 1.90. The molecular weight excluding hydrogens is 303 g/mol. The summed E-state index contributed by atoms with van der Waals surface area (Å²) < 4.78 is 5.47. The molecule has 0 saturated carbocycles. The molecule has 2 amide bonds. The number of rotatable bonds is 2. The van der Waals surface area contributed by atoms with Crippen LogP contribution in [0.1, 0.15) is 47.0 Å². The summed E-state index contributed by atoms with van der Waals surface area (Å²) in [4.78, 5) is 26.7. The van der Waals surface area contributed by atoms with Crippen LogP contribution in [-0.4, -0.2) is 86.5 Å². The van der Waals surface area contributed by atoms with E-state index in [1.54, 1.807) is 4.90 Å². The highest BCUT2D eigenvalue weighted by atomic mass is 16.6. The molecule has 2 aliphatic heterocycles. The van der Waals surface area contributed by atoms with E-state index in [1.165, 1.54) is 0 Å². The maximum absolute atomic E-state index is 12.6. The van der Waals surface area contributed by atoms with Crippen LogP contribution in [0.4, 0.5) is 4.79 Å². The maximum atomic E-state index is 12.6. The first-order valence-corrected chi connectivity index (χ1v) is 8.98. The van der Waals surface area contributed by atoms with Gasteiger partial charge in [0.1, 0.15) is 29.1 Å². The number of hydrogen-bond acceptors (Lipinski definition) is 4. The molecule has 2 rings (SSSR count). The van der Waals surface area contributed by atoms with Crippen LogP contribution in [-0.2, 0) is 9.53 Å². The van der Waals surface area contributed by atoms with Crippen molar-refractivity contribution in [2.24, 2.45) is 0 Å². The second kappa shape index (κ2) is 6.32. The third kappa shape index (κ3) is 3.76. The molecular formula is C15H30B3N3O3. The summed E-state index contributed by atoms with van der Waals surface area (Å²) in [5, 5.41) is 3.94. The Bertz CT molecular complexity index is 508. The number of carbonyl (C=O) groups excluding carboxylic acids is 2. The minimum atomic E-state index is -0.478. The monoisotopic (exact) mass is 333 g/mol. The molecule has 0 atom stereocenters. The van der Waals surface area contributed by atoms with Crippen LogP contribution in [0.15, 0.2) is 0 Å². The lowest BCUT2D eigenvalue weighted by Gasteiger charge is -2.49. The topological polar surface area (TPSA) is 53.1 Å². The van der Waals surface area contributed by atoms with E-state index in [0.29, 0.717) is 19.5 Å². The number of carbonyl (C=O) groups is 2. The van der Waals surface area contributed by atoms with Crippen LogP contribution < -0.4 is 0 Å². The normalized spacial score (nSPS) is 22.2. The van der Waals surface area contributed by atoms with Crippen molar-refractivity contribution in [2.45, 2.75) is 63.3 Å². The Morgan fingerprint density at radius 2 is 1.75 bits per heavy atom. The molecule has 2 fully saturated rings.